The van der Waals surface area contributed by atoms with Crippen LogP contribution in [0.15, 0.2) is 30.3 Å². The normalized spacial score (nSPS) is 14.3. The Morgan fingerprint density at radius 3 is 2.69 bits per heavy atom. The van der Waals surface area contributed by atoms with Crippen molar-refractivity contribution in [3.63, 3.8) is 0 Å². The number of hydrogen-bond donors (Lipinski definition) is 0. The first-order valence-corrected chi connectivity index (χ1v) is 9.12. The molecule has 0 N–H and O–H groups in total. The predicted octanol–water partition coefficient (Wildman–Crippen LogP) is 4.55. The summed E-state index contributed by atoms with van der Waals surface area (Å²) in [5, 5.41) is 0. The van der Waals surface area contributed by atoms with Crippen LogP contribution in [0.3, 0.4) is 0 Å². The van der Waals surface area contributed by atoms with Gasteiger partial charge in [0.2, 0.25) is 0 Å². The van der Waals surface area contributed by atoms with E-state index in [9.17, 15) is 4.79 Å². The Bertz CT molecular complexity index is 810. The minimum atomic E-state index is -0.729. The number of benzene rings is 2. The minimum Gasteiger partial charge on any atom is -0.493 e. The zero-order chi connectivity index (χ0) is 18.7. The van der Waals surface area contributed by atoms with E-state index in [0.29, 0.717) is 6.61 Å². The lowest BCUT2D eigenvalue weighted by Gasteiger charge is -2.24. The Morgan fingerprint density at radius 1 is 1.19 bits per heavy atom. The highest BCUT2D eigenvalue weighted by molar-refractivity contribution is 5.83. The number of aryl methyl sites for hydroxylation is 3. The van der Waals surface area contributed by atoms with Crippen molar-refractivity contribution in [1.29, 1.82) is 0 Å². The number of carbonyl (C=O) groups excluding carboxylic acids is 1. The van der Waals surface area contributed by atoms with E-state index >= 15 is 0 Å². The van der Waals surface area contributed by atoms with Crippen molar-refractivity contribution in [2.45, 2.75) is 39.7 Å². The zero-order valence-electron chi connectivity index (χ0n) is 15.9. The highest BCUT2D eigenvalue weighted by atomic mass is 16.6. The van der Waals surface area contributed by atoms with Crippen LogP contribution in [0, 0.1) is 13.8 Å². The SMILES string of the molecule is CCOC(C(=O)OC)c1c(C)ccc(C)c1-c1ccc2c(c1)CCCO2. The van der Waals surface area contributed by atoms with Crippen molar-refractivity contribution < 1.29 is 19.0 Å². The predicted molar refractivity (Wildman–Crippen MR) is 102 cm³/mol. The average molecular weight is 354 g/mol. The van der Waals surface area contributed by atoms with Gasteiger partial charge in [-0.15, -0.1) is 0 Å². The molecule has 1 aliphatic heterocycles. The summed E-state index contributed by atoms with van der Waals surface area (Å²) in [5.74, 6) is 0.587. The molecule has 2 aromatic carbocycles. The number of rotatable bonds is 5. The van der Waals surface area contributed by atoms with Gasteiger partial charge in [0.1, 0.15) is 5.75 Å². The molecular weight excluding hydrogens is 328 g/mol. The number of fused-ring (bicyclic) bond motifs is 1. The molecule has 4 heteroatoms. The summed E-state index contributed by atoms with van der Waals surface area (Å²) in [7, 11) is 1.40. The number of carbonyl (C=O) groups is 1. The van der Waals surface area contributed by atoms with E-state index in [1.165, 1.54) is 12.7 Å². The van der Waals surface area contributed by atoms with Gasteiger partial charge in [-0.3, -0.25) is 0 Å². The van der Waals surface area contributed by atoms with Crippen molar-refractivity contribution in [2.75, 3.05) is 20.3 Å². The second-order valence-electron chi connectivity index (χ2n) is 6.62. The van der Waals surface area contributed by atoms with Crippen LogP contribution in [0.2, 0.25) is 0 Å². The Hall–Kier alpha value is -2.33. The lowest BCUT2D eigenvalue weighted by atomic mass is 9.87. The molecule has 1 heterocycles. The van der Waals surface area contributed by atoms with Crippen molar-refractivity contribution in [2.24, 2.45) is 0 Å². The van der Waals surface area contributed by atoms with Crippen LogP contribution in [-0.2, 0) is 20.7 Å². The molecule has 0 aromatic heterocycles. The van der Waals surface area contributed by atoms with Gasteiger partial charge in [-0.2, -0.15) is 0 Å². The van der Waals surface area contributed by atoms with Gasteiger partial charge in [0.25, 0.3) is 0 Å². The van der Waals surface area contributed by atoms with Gasteiger partial charge < -0.3 is 14.2 Å². The molecule has 0 amide bonds. The zero-order valence-corrected chi connectivity index (χ0v) is 15.9. The van der Waals surface area contributed by atoms with Gasteiger partial charge in [-0.1, -0.05) is 18.2 Å². The molecule has 1 aliphatic rings. The highest BCUT2D eigenvalue weighted by Gasteiger charge is 2.28. The largest absolute Gasteiger partial charge is 0.493 e. The number of esters is 1. The van der Waals surface area contributed by atoms with Gasteiger partial charge in [0.05, 0.1) is 13.7 Å². The van der Waals surface area contributed by atoms with Crippen LogP contribution < -0.4 is 4.74 Å². The first kappa shape index (κ1) is 18.5. The molecule has 1 unspecified atom stereocenters. The summed E-state index contributed by atoms with van der Waals surface area (Å²) in [6, 6.07) is 10.4. The number of methoxy groups -OCH3 is 1. The lowest BCUT2D eigenvalue weighted by Crippen LogP contribution is -2.20. The van der Waals surface area contributed by atoms with E-state index in [0.717, 1.165) is 53.0 Å². The van der Waals surface area contributed by atoms with E-state index < -0.39 is 6.10 Å². The second kappa shape index (κ2) is 7.92. The maximum absolute atomic E-state index is 12.4. The smallest absolute Gasteiger partial charge is 0.339 e. The van der Waals surface area contributed by atoms with Gasteiger partial charge >= 0.3 is 5.97 Å². The molecule has 26 heavy (non-hydrogen) atoms. The molecule has 0 fully saturated rings. The van der Waals surface area contributed by atoms with Gasteiger partial charge in [0, 0.05) is 12.2 Å². The maximum atomic E-state index is 12.4. The number of ether oxygens (including phenoxy) is 3. The molecule has 138 valence electrons. The number of hydrogen-bond acceptors (Lipinski definition) is 4. The Balaban J connectivity index is 2.18. The van der Waals surface area contributed by atoms with E-state index in [2.05, 4.69) is 25.1 Å². The van der Waals surface area contributed by atoms with Gasteiger partial charge in [-0.25, -0.2) is 4.79 Å². The molecule has 0 radical (unpaired) electrons. The third-order valence-electron chi connectivity index (χ3n) is 4.88. The van der Waals surface area contributed by atoms with Crippen LogP contribution in [0.4, 0.5) is 0 Å². The van der Waals surface area contributed by atoms with E-state index in [-0.39, 0.29) is 5.97 Å². The Kier molecular flexibility index (Phi) is 5.62. The summed E-state index contributed by atoms with van der Waals surface area (Å²) >= 11 is 0. The maximum Gasteiger partial charge on any atom is 0.339 e. The van der Waals surface area contributed by atoms with Crippen LogP contribution in [0.25, 0.3) is 11.1 Å². The van der Waals surface area contributed by atoms with Crippen molar-refractivity contribution >= 4 is 5.97 Å². The topological polar surface area (TPSA) is 44.8 Å². The highest BCUT2D eigenvalue weighted by Crippen LogP contribution is 2.38. The molecular formula is C22H26O4. The monoisotopic (exact) mass is 354 g/mol. The molecule has 0 bridgehead atoms. The van der Waals surface area contributed by atoms with Crippen LogP contribution in [0.1, 0.15) is 41.7 Å². The van der Waals surface area contributed by atoms with E-state index in [1.807, 2.05) is 26.0 Å². The Morgan fingerprint density at radius 2 is 1.96 bits per heavy atom. The summed E-state index contributed by atoms with van der Waals surface area (Å²) in [6.07, 6.45) is 1.31. The molecule has 0 spiro atoms. The minimum absolute atomic E-state index is 0.372. The average Bonchev–Trinajstić information content (AvgIpc) is 2.67. The standard InChI is InChI=1S/C22H26O4/c1-5-25-21(22(23)24-4)20-15(3)9-8-14(2)19(20)17-10-11-18-16(13-17)7-6-12-26-18/h8-11,13,21H,5-7,12H2,1-4H3. The Labute approximate surface area is 155 Å². The first-order valence-electron chi connectivity index (χ1n) is 9.12. The first-order chi connectivity index (χ1) is 12.6. The van der Waals surface area contributed by atoms with Crippen molar-refractivity contribution in [1.82, 2.24) is 0 Å². The fourth-order valence-electron chi connectivity index (χ4n) is 3.61. The summed E-state index contributed by atoms with van der Waals surface area (Å²) in [5.41, 5.74) is 6.35. The van der Waals surface area contributed by atoms with E-state index in [4.69, 9.17) is 14.2 Å². The molecule has 3 rings (SSSR count). The molecule has 4 nitrogen and oxygen atoms in total. The lowest BCUT2D eigenvalue weighted by molar-refractivity contribution is -0.154. The second-order valence-corrected chi connectivity index (χ2v) is 6.62. The van der Waals surface area contributed by atoms with Gasteiger partial charge in [-0.05, 0) is 73.6 Å². The van der Waals surface area contributed by atoms with Crippen LogP contribution in [0.5, 0.6) is 5.75 Å². The van der Waals surface area contributed by atoms with E-state index in [1.54, 1.807) is 0 Å². The summed E-state index contributed by atoms with van der Waals surface area (Å²) in [6.45, 7) is 7.17. The summed E-state index contributed by atoms with van der Waals surface area (Å²) < 4.78 is 16.5. The fraction of sp³-hybridized carbons (Fsp3) is 0.409. The van der Waals surface area contributed by atoms with Crippen LogP contribution >= 0.6 is 0 Å². The molecule has 2 aromatic rings. The summed E-state index contributed by atoms with van der Waals surface area (Å²) in [4.78, 5) is 12.4. The third-order valence-corrected chi connectivity index (χ3v) is 4.88. The quantitative estimate of drug-likeness (QED) is 0.739. The van der Waals surface area contributed by atoms with Crippen molar-refractivity contribution in [3.05, 3.63) is 52.6 Å². The van der Waals surface area contributed by atoms with Crippen LogP contribution in [-0.4, -0.2) is 26.3 Å². The fourth-order valence-corrected chi connectivity index (χ4v) is 3.61. The molecule has 0 saturated heterocycles. The van der Waals surface area contributed by atoms with Crippen molar-refractivity contribution in [3.8, 4) is 16.9 Å². The van der Waals surface area contributed by atoms with Gasteiger partial charge in [0.15, 0.2) is 6.10 Å². The third kappa shape index (κ3) is 3.47. The molecule has 0 aliphatic carbocycles. The molecule has 0 saturated carbocycles. The molecule has 1 atom stereocenters.